The summed E-state index contributed by atoms with van der Waals surface area (Å²) < 4.78 is 0. The van der Waals surface area contributed by atoms with Crippen LogP contribution in [0.1, 0.15) is 47.4 Å². The van der Waals surface area contributed by atoms with Crippen LogP contribution in [0.4, 0.5) is 5.82 Å². The molecule has 0 saturated heterocycles. The van der Waals surface area contributed by atoms with Crippen LogP contribution >= 0.6 is 23.4 Å². The topological polar surface area (TPSA) is 91.7 Å². The molecule has 6 nitrogen and oxygen atoms in total. The molecule has 174 valence electrons. The second-order valence-electron chi connectivity index (χ2n) is 8.23. The van der Waals surface area contributed by atoms with E-state index in [2.05, 4.69) is 10.3 Å². The number of aromatic nitrogens is 1. The molecule has 0 radical (unpaired) electrons. The van der Waals surface area contributed by atoms with Crippen LogP contribution in [0.2, 0.25) is 5.02 Å². The third-order valence-corrected chi connectivity index (χ3v) is 6.89. The molecule has 1 amide bonds. The highest BCUT2D eigenvalue weighted by atomic mass is 35.5. The molecule has 0 saturated carbocycles. The van der Waals surface area contributed by atoms with Gasteiger partial charge in [-0.25, -0.2) is 4.98 Å². The quantitative estimate of drug-likeness (QED) is 0.458. The van der Waals surface area contributed by atoms with Gasteiger partial charge in [0.15, 0.2) is 5.78 Å². The number of Topliss-reactive ketones (excluding diaryl/α,β-unsaturated/α-hetero) is 1. The van der Waals surface area contributed by atoms with Crippen LogP contribution in [0, 0.1) is 0 Å². The van der Waals surface area contributed by atoms with Gasteiger partial charge in [-0.15, -0.1) is 11.8 Å². The number of aliphatic imine (C=N–C) groups is 1. The lowest BCUT2D eigenvalue weighted by Gasteiger charge is -2.31. The minimum atomic E-state index is -1.17. The summed E-state index contributed by atoms with van der Waals surface area (Å²) in [6, 6.07) is 19.5. The Hall–Kier alpha value is -3.00. The van der Waals surface area contributed by atoms with Crippen molar-refractivity contribution in [3.8, 4) is 0 Å². The summed E-state index contributed by atoms with van der Waals surface area (Å²) in [7, 11) is 0. The summed E-state index contributed by atoms with van der Waals surface area (Å²) >= 11 is 7.39. The lowest BCUT2D eigenvalue weighted by molar-refractivity contribution is -0.126. The normalized spacial score (nSPS) is 18.6. The van der Waals surface area contributed by atoms with Crippen molar-refractivity contribution in [2.75, 3.05) is 11.1 Å². The van der Waals surface area contributed by atoms with Gasteiger partial charge < -0.3 is 10.4 Å². The molecular formula is C26H24ClN3O3S. The maximum Gasteiger partial charge on any atom is 0.256 e. The molecule has 1 aliphatic rings. The number of rotatable bonds is 7. The number of carbonyl (C=O) groups excluding carboxylic acids is 2. The summed E-state index contributed by atoms with van der Waals surface area (Å²) in [5.74, 6) is 0.631. The first-order valence-corrected chi connectivity index (χ1v) is 12.2. The number of pyridine rings is 1. The van der Waals surface area contributed by atoms with E-state index in [1.54, 1.807) is 42.5 Å². The Morgan fingerprint density at radius 1 is 1.15 bits per heavy atom. The Kier molecular flexibility index (Phi) is 7.46. The van der Waals surface area contributed by atoms with Crippen LogP contribution in [0.3, 0.4) is 0 Å². The molecular weight excluding hydrogens is 470 g/mol. The smallest absolute Gasteiger partial charge is 0.256 e. The molecule has 4 rings (SSSR count). The summed E-state index contributed by atoms with van der Waals surface area (Å²) in [4.78, 5) is 34.4. The number of amides is 1. The Bertz CT molecular complexity index is 1220. The fourth-order valence-corrected chi connectivity index (χ4v) is 5.09. The van der Waals surface area contributed by atoms with Crippen LogP contribution in [-0.2, 0) is 10.3 Å². The van der Waals surface area contributed by atoms with Crippen LogP contribution in [0.5, 0.6) is 0 Å². The molecule has 3 aromatic rings. The van der Waals surface area contributed by atoms with Gasteiger partial charge in [0.25, 0.3) is 5.91 Å². The fraction of sp³-hybridized carbons (Fsp3) is 0.231. The Balaban J connectivity index is 1.50. The van der Waals surface area contributed by atoms with Crippen molar-refractivity contribution in [3.05, 3.63) is 94.6 Å². The molecule has 1 aromatic heterocycles. The maximum atomic E-state index is 12.8. The maximum absolute atomic E-state index is 12.8. The third-order valence-electron chi connectivity index (χ3n) is 5.69. The average molecular weight is 494 g/mol. The predicted molar refractivity (Wildman–Crippen MR) is 137 cm³/mol. The first-order valence-electron chi connectivity index (χ1n) is 10.8. The standard InChI is InChI=1S/C26H24ClN3O3S/c1-26(12-13-34-23(30-26)15-21(31)24(32)17-6-3-2-4-7-17)19-9-5-8-18(14-19)25(33)29-22-11-10-20(27)16-28-22/h2-11,14,16,24,32H,12-13,15H2,1H3,(H,28,29,33). The molecule has 0 bridgehead atoms. The molecule has 2 atom stereocenters. The first-order chi connectivity index (χ1) is 16.3. The van der Waals surface area contributed by atoms with E-state index in [0.29, 0.717) is 27.0 Å². The molecule has 34 heavy (non-hydrogen) atoms. The van der Waals surface area contributed by atoms with Gasteiger partial charge in [-0.2, -0.15) is 0 Å². The van der Waals surface area contributed by atoms with Gasteiger partial charge in [-0.3, -0.25) is 14.6 Å². The van der Waals surface area contributed by atoms with E-state index in [9.17, 15) is 14.7 Å². The van der Waals surface area contributed by atoms with Crippen molar-refractivity contribution >= 4 is 45.9 Å². The summed E-state index contributed by atoms with van der Waals surface area (Å²) in [6.45, 7) is 2.00. The minimum absolute atomic E-state index is 0.0682. The van der Waals surface area contributed by atoms with Gasteiger partial charge in [0.1, 0.15) is 11.9 Å². The summed E-state index contributed by atoms with van der Waals surface area (Å²) in [5.41, 5.74) is 1.37. The van der Waals surface area contributed by atoms with Crippen LogP contribution in [0.25, 0.3) is 0 Å². The van der Waals surface area contributed by atoms with Gasteiger partial charge in [0.2, 0.25) is 0 Å². The Morgan fingerprint density at radius 3 is 2.68 bits per heavy atom. The highest BCUT2D eigenvalue weighted by molar-refractivity contribution is 8.14. The largest absolute Gasteiger partial charge is 0.381 e. The monoisotopic (exact) mass is 493 g/mol. The van der Waals surface area contributed by atoms with E-state index in [-0.39, 0.29) is 18.1 Å². The minimum Gasteiger partial charge on any atom is -0.381 e. The zero-order valence-corrected chi connectivity index (χ0v) is 20.1. The summed E-state index contributed by atoms with van der Waals surface area (Å²) in [6.07, 6.45) is 1.13. The second kappa shape index (κ2) is 10.5. The number of nitrogens with one attached hydrogen (secondary N) is 1. The van der Waals surface area contributed by atoms with Crippen molar-refractivity contribution in [1.82, 2.24) is 4.98 Å². The number of nitrogens with zero attached hydrogens (tertiary/aromatic N) is 2. The number of thioether (sulfide) groups is 1. The van der Waals surface area contributed by atoms with Crippen molar-refractivity contribution in [2.24, 2.45) is 4.99 Å². The van der Waals surface area contributed by atoms with Crippen LogP contribution in [-0.4, -0.2) is 32.6 Å². The molecule has 2 unspecified atom stereocenters. The van der Waals surface area contributed by atoms with Crippen molar-refractivity contribution < 1.29 is 14.7 Å². The van der Waals surface area contributed by atoms with Crippen molar-refractivity contribution in [3.63, 3.8) is 0 Å². The third kappa shape index (κ3) is 5.73. The predicted octanol–water partition coefficient (Wildman–Crippen LogP) is 5.43. The molecule has 2 heterocycles. The number of carbonyl (C=O) groups is 2. The first kappa shape index (κ1) is 24.1. The molecule has 0 fully saturated rings. The van der Waals surface area contributed by atoms with E-state index >= 15 is 0 Å². The Labute approximate surface area is 207 Å². The second-order valence-corrected chi connectivity index (χ2v) is 9.84. The highest BCUT2D eigenvalue weighted by Gasteiger charge is 2.32. The van der Waals surface area contributed by atoms with Crippen molar-refractivity contribution in [1.29, 1.82) is 0 Å². The number of aliphatic hydroxyl groups is 1. The number of hydrogen-bond acceptors (Lipinski definition) is 6. The van der Waals surface area contributed by atoms with Crippen LogP contribution < -0.4 is 5.32 Å². The summed E-state index contributed by atoms with van der Waals surface area (Å²) in [5, 5.41) is 14.4. The van der Waals surface area contributed by atoms with Gasteiger partial charge in [0, 0.05) is 17.5 Å². The van der Waals surface area contributed by atoms with E-state index in [4.69, 9.17) is 16.6 Å². The van der Waals surface area contributed by atoms with E-state index < -0.39 is 11.6 Å². The van der Waals surface area contributed by atoms with Gasteiger partial charge in [-0.1, -0.05) is 54.1 Å². The van der Waals surface area contributed by atoms with Gasteiger partial charge in [0.05, 0.1) is 22.0 Å². The fourth-order valence-electron chi connectivity index (χ4n) is 3.73. The van der Waals surface area contributed by atoms with Crippen LogP contribution in [0.15, 0.2) is 77.9 Å². The number of ketones is 1. The number of aliphatic hydroxyl groups excluding tert-OH is 1. The number of benzene rings is 2. The van der Waals surface area contributed by atoms with Gasteiger partial charge >= 0.3 is 0 Å². The molecule has 8 heteroatoms. The Morgan fingerprint density at radius 2 is 1.94 bits per heavy atom. The molecule has 2 N–H and O–H groups in total. The zero-order valence-electron chi connectivity index (χ0n) is 18.6. The van der Waals surface area contributed by atoms with Gasteiger partial charge in [-0.05, 0) is 48.7 Å². The van der Waals surface area contributed by atoms with E-state index in [1.165, 1.54) is 18.0 Å². The number of hydrogen-bond donors (Lipinski definition) is 2. The number of halogens is 1. The highest BCUT2D eigenvalue weighted by Crippen LogP contribution is 2.37. The average Bonchev–Trinajstić information content (AvgIpc) is 2.85. The molecule has 0 spiro atoms. The lowest BCUT2D eigenvalue weighted by atomic mass is 9.88. The molecule has 1 aliphatic heterocycles. The SMILES string of the molecule is CC1(c2cccc(C(=O)Nc3ccc(Cl)cn3)c2)CCSC(CC(=O)C(O)c2ccccc2)=N1. The number of anilines is 1. The zero-order chi connectivity index (χ0) is 24.1. The van der Waals surface area contributed by atoms with E-state index in [0.717, 1.165) is 17.7 Å². The van der Waals surface area contributed by atoms with Crippen molar-refractivity contribution in [2.45, 2.75) is 31.4 Å². The van der Waals surface area contributed by atoms with E-state index in [1.807, 2.05) is 31.2 Å². The lowest BCUT2D eigenvalue weighted by Crippen LogP contribution is -2.28. The molecule has 2 aromatic carbocycles. The molecule has 0 aliphatic carbocycles.